The average Bonchev–Trinajstić information content (AvgIpc) is 3.17. The maximum atomic E-state index is 12.9. The number of ether oxygens (including phenoxy) is 2. The fourth-order valence-corrected chi connectivity index (χ4v) is 3.45. The van der Waals surface area contributed by atoms with Crippen LogP contribution in [-0.4, -0.2) is 19.8 Å². The number of cyclic esters (lactones) is 1. The highest BCUT2D eigenvalue weighted by molar-refractivity contribution is 6.30. The lowest BCUT2D eigenvalue weighted by Gasteiger charge is -2.22. The number of halogens is 4. The summed E-state index contributed by atoms with van der Waals surface area (Å²) < 4.78 is 48.6. The molecule has 0 spiro atoms. The monoisotopic (exact) mass is 477 g/mol. The lowest BCUT2D eigenvalue weighted by atomic mass is 10.0. The van der Waals surface area contributed by atoms with Crippen molar-refractivity contribution in [3.63, 3.8) is 0 Å². The Labute approximate surface area is 195 Å². The summed E-state index contributed by atoms with van der Waals surface area (Å²) >= 11 is 5.82. The Morgan fingerprint density at radius 1 is 1.06 bits per heavy atom. The molecule has 1 amide bonds. The number of amides is 1. The number of alkyl halides is 3. The zero-order chi connectivity index (χ0) is 24.0. The van der Waals surface area contributed by atoms with Crippen LogP contribution in [0, 0.1) is 6.92 Å². The molecular weight excluding hydrogens is 455 g/mol. The molecule has 1 aliphatic heterocycles. The van der Waals surface area contributed by atoms with Crippen LogP contribution < -0.4 is 4.90 Å². The van der Waals surface area contributed by atoms with Gasteiger partial charge in [0.25, 0.3) is 0 Å². The maximum absolute atomic E-state index is 12.9. The average molecular weight is 478 g/mol. The van der Waals surface area contributed by atoms with Gasteiger partial charge < -0.3 is 9.47 Å². The lowest BCUT2D eigenvalue weighted by Crippen LogP contribution is -2.27. The van der Waals surface area contributed by atoms with Crippen molar-refractivity contribution in [1.29, 1.82) is 0 Å². The van der Waals surface area contributed by atoms with Gasteiger partial charge in [-0.1, -0.05) is 53.6 Å². The first kappa shape index (κ1) is 24.6. The van der Waals surface area contributed by atoms with Gasteiger partial charge in [-0.25, -0.2) is 4.79 Å². The minimum Gasteiger partial charge on any atom is -0.447 e. The molecule has 1 saturated heterocycles. The van der Waals surface area contributed by atoms with E-state index in [1.165, 1.54) is 22.1 Å². The second-order valence-corrected chi connectivity index (χ2v) is 7.92. The third-order valence-electron chi connectivity index (χ3n) is 5.01. The minimum absolute atomic E-state index is 0.0111. The van der Waals surface area contributed by atoms with E-state index in [0.717, 1.165) is 12.1 Å². The third-order valence-corrected chi connectivity index (χ3v) is 5.26. The number of hydrogen-bond donors (Lipinski definition) is 0. The second kappa shape index (κ2) is 10.7. The van der Waals surface area contributed by atoms with Gasteiger partial charge in [0, 0.05) is 17.8 Å². The summed E-state index contributed by atoms with van der Waals surface area (Å²) in [5, 5.41) is 0.497. The molecule has 1 fully saturated rings. The van der Waals surface area contributed by atoms with Crippen molar-refractivity contribution < 1.29 is 27.4 Å². The zero-order valence-corrected chi connectivity index (χ0v) is 18.9. The second-order valence-electron chi connectivity index (χ2n) is 7.48. The van der Waals surface area contributed by atoms with E-state index in [1.54, 1.807) is 37.4 Å². The van der Waals surface area contributed by atoms with Crippen LogP contribution >= 0.6 is 11.6 Å². The summed E-state index contributed by atoms with van der Waals surface area (Å²) in [5.41, 5.74) is 2.64. The summed E-state index contributed by atoms with van der Waals surface area (Å²) in [6.45, 7) is 2.78. The van der Waals surface area contributed by atoms with Crippen LogP contribution in [0.25, 0.3) is 0 Å². The van der Waals surface area contributed by atoms with Gasteiger partial charge in [-0.15, -0.1) is 0 Å². The van der Waals surface area contributed by atoms with Crippen molar-refractivity contribution >= 4 is 23.4 Å². The van der Waals surface area contributed by atoms with E-state index < -0.39 is 23.9 Å². The molecule has 0 unspecified atom stereocenters. The number of benzene rings is 3. The quantitative estimate of drug-likeness (QED) is 0.399. The normalized spacial score (nSPS) is 15.6. The van der Waals surface area contributed by atoms with E-state index in [1.807, 2.05) is 0 Å². The molecule has 1 atom stereocenters. The molecule has 174 valence electrons. The Bertz CT molecular complexity index is 1070. The van der Waals surface area contributed by atoms with Crippen LogP contribution in [0.1, 0.15) is 28.3 Å². The number of methoxy groups -OCH3 is 1. The van der Waals surface area contributed by atoms with Gasteiger partial charge >= 0.3 is 12.3 Å². The van der Waals surface area contributed by atoms with Gasteiger partial charge in [-0.2, -0.15) is 13.2 Å². The Balaban J connectivity index is 0.000000257. The van der Waals surface area contributed by atoms with E-state index in [2.05, 4.69) is 31.2 Å². The van der Waals surface area contributed by atoms with Gasteiger partial charge in [0.1, 0.15) is 6.61 Å². The molecule has 4 nitrogen and oxygen atoms in total. The maximum Gasteiger partial charge on any atom is 0.416 e. The first-order valence-corrected chi connectivity index (χ1v) is 10.5. The molecule has 3 aromatic rings. The molecule has 3 aromatic carbocycles. The van der Waals surface area contributed by atoms with Gasteiger partial charge in [0.15, 0.2) is 0 Å². The lowest BCUT2D eigenvalue weighted by molar-refractivity contribution is -0.137. The minimum atomic E-state index is -4.44. The van der Waals surface area contributed by atoms with Crippen molar-refractivity contribution in [2.24, 2.45) is 0 Å². The van der Waals surface area contributed by atoms with Crippen LogP contribution in [0.5, 0.6) is 0 Å². The Hall–Kier alpha value is -3.03. The van der Waals surface area contributed by atoms with Crippen LogP contribution in [0.3, 0.4) is 0 Å². The first-order chi connectivity index (χ1) is 15.7. The van der Waals surface area contributed by atoms with Gasteiger partial charge in [0.2, 0.25) is 0 Å². The molecule has 1 heterocycles. The van der Waals surface area contributed by atoms with Gasteiger partial charge in [0.05, 0.1) is 18.2 Å². The Morgan fingerprint density at radius 3 is 2.33 bits per heavy atom. The largest absolute Gasteiger partial charge is 0.447 e. The molecule has 4 rings (SSSR count). The van der Waals surface area contributed by atoms with Gasteiger partial charge in [-0.3, -0.25) is 4.90 Å². The number of rotatable bonds is 4. The first-order valence-electron chi connectivity index (χ1n) is 10.1. The summed E-state index contributed by atoms with van der Waals surface area (Å²) in [6.07, 6.45) is -5.04. The van der Waals surface area contributed by atoms with Crippen molar-refractivity contribution in [1.82, 2.24) is 0 Å². The summed E-state index contributed by atoms with van der Waals surface area (Å²) in [4.78, 5) is 13.3. The summed E-state index contributed by atoms with van der Waals surface area (Å²) in [7, 11) is 1.71. The van der Waals surface area contributed by atoms with Crippen molar-refractivity contribution in [3.8, 4) is 0 Å². The Kier molecular flexibility index (Phi) is 8.00. The number of anilines is 1. The topological polar surface area (TPSA) is 38.8 Å². The van der Waals surface area contributed by atoms with Crippen molar-refractivity contribution in [2.45, 2.75) is 25.7 Å². The molecule has 0 aliphatic carbocycles. The van der Waals surface area contributed by atoms with Gasteiger partial charge in [-0.05, 0) is 54.4 Å². The van der Waals surface area contributed by atoms with Crippen LogP contribution in [0.15, 0.2) is 72.8 Å². The van der Waals surface area contributed by atoms with Crippen LogP contribution in [0.2, 0.25) is 5.02 Å². The van der Waals surface area contributed by atoms with Crippen LogP contribution in [-0.2, 0) is 22.3 Å². The summed E-state index contributed by atoms with van der Waals surface area (Å²) in [6, 6.07) is 19.1. The van der Waals surface area contributed by atoms with E-state index in [0.29, 0.717) is 22.9 Å². The Morgan fingerprint density at radius 2 is 1.73 bits per heavy atom. The molecule has 0 aromatic heterocycles. The predicted octanol–water partition coefficient (Wildman–Crippen LogP) is 7.20. The molecular formula is C25H23ClF3NO3. The van der Waals surface area contributed by atoms with Crippen LogP contribution in [0.4, 0.5) is 23.7 Å². The van der Waals surface area contributed by atoms with Crippen molar-refractivity contribution in [3.05, 3.63) is 100 Å². The van der Waals surface area contributed by atoms with E-state index >= 15 is 0 Å². The highest BCUT2D eigenvalue weighted by Gasteiger charge is 2.37. The predicted molar refractivity (Wildman–Crippen MR) is 121 cm³/mol. The zero-order valence-electron chi connectivity index (χ0n) is 18.1. The molecule has 0 saturated carbocycles. The van der Waals surface area contributed by atoms with E-state index in [9.17, 15) is 18.0 Å². The van der Waals surface area contributed by atoms with Crippen molar-refractivity contribution in [2.75, 3.05) is 18.6 Å². The standard InChI is InChI=1S/C16H11ClF3NO2.C9H12O/c17-12-4-6-13(7-5-12)21-14(9-23-15(21)22)10-2-1-3-11(8-10)16(18,19)20;1-8-3-5-9(6-4-8)7-10-2/h1-8,14H,9H2;3-6H,7H2,1-2H3/t14-;/m1./s1. The number of nitrogens with zero attached hydrogens (tertiary/aromatic N) is 1. The number of hydrogen-bond acceptors (Lipinski definition) is 3. The third kappa shape index (κ3) is 6.49. The fraction of sp³-hybridized carbons (Fsp3) is 0.240. The number of carbonyl (C=O) groups is 1. The molecule has 1 aliphatic rings. The number of aryl methyl sites for hydroxylation is 1. The highest BCUT2D eigenvalue weighted by atomic mass is 35.5. The molecule has 0 bridgehead atoms. The summed E-state index contributed by atoms with van der Waals surface area (Å²) in [5.74, 6) is 0. The number of carbonyl (C=O) groups excluding carboxylic acids is 1. The fourth-order valence-electron chi connectivity index (χ4n) is 3.33. The highest BCUT2D eigenvalue weighted by Crippen LogP contribution is 2.36. The van der Waals surface area contributed by atoms with E-state index in [4.69, 9.17) is 21.1 Å². The molecule has 33 heavy (non-hydrogen) atoms. The molecule has 8 heteroatoms. The SMILES string of the molecule is COCc1ccc(C)cc1.O=C1OC[C@H](c2cccc(C(F)(F)F)c2)N1c1ccc(Cl)cc1. The molecule has 0 N–H and O–H groups in total. The molecule has 0 radical (unpaired) electrons. The smallest absolute Gasteiger partial charge is 0.416 e. The van der Waals surface area contributed by atoms with E-state index in [-0.39, 0.29) is 6.61 Å².